The van der Waals surface area contributed by atoms with Gasteiger partial charge in [0, 0.05) is 28.2 Å². The van der Waals surface area contributed by atoms with E-state index in [4.69, 9.17) is 5.73 Å². The molecule has 5 atom stereocenters. The summed E-state index contributed by atoms with van der Waals surface area (Å²) >= 11 is 0. The predicted octanol–water partition coefficient (Wildman–Crippen LogP) is 1.17. The van der Waals surface area contributed by atoms with Crippen LogP contribution in [-0.2, 0) is 16.0 Å². The summed E-state index contributed by atoms with van der Waals surface area (Å²) in [6.07, 6.45) is 1.63. The topological polar surface area (TPSA) is 165 Å². The molecule has 11 heteroatoms. The molecule has 0 aromatic heterocycles. The highest BCUT2D eigenvalue weighted by Crippen LogP contribution is 2.62. The molecule has 1 unspecified atom stereocenters. The first kappa shape index (κ1) is 25.0. The van der Waals surface area contributed by atoms with Crippen LogP contribution in [0.15, 0.2) is 28.7 Å². The second kappa shape index (κ2) is 7.87. The molecular weight excluding hydrogens is 497 g/mol. The highest BCUT2D eigenvalue weighted by molar-refractivity contribution is 6.25. The van der Waals surface area contributed by atoms with Gasteiger partial charge in [-0.05, 0) is 71.3 Å². The first-order valence-corrected chi connectivity index (χ1v) is 12.8. The molecule has 0 saturated carbocycles. The number of rotatable bonds is 2. The highest BCUT2D eigenvalue weighted by atomic mass is 19.1. The molecule has 1 amide bonds. The summed E-state index contributed by atoms with van der Waals surface area (Å²) in [6, 6.07) is -0.0423. The summed E-state index contributed by atoms with van der Waals surface area (Å²) in [4.78, 5) is 43.1. The van der Waals surface area contributed by atoms with E-state index in [9.17, 15) is 34.8 Å². The zero-order valence-corrected chi connectivity index (χ0v) is 21.1. The molecule has 6 rings (SSSR count). The molecule has 0 radical (unpaired) electrons. The van der Waals surface area contributed by atoms with Crippen molar-refractivity contribution in [1.29, 1.82) is 0 Å². The van der Waals surface area contributed by atoms with Crippen LogP contribution in [0.3, 0.4) is 0 Å². The number of primary amides is 1. The number of benzene rings is 1. The number of fused-ring (bicyclic) bond motifs is 2. The van der Waals surface area contributed by atoms with E-state index < -0.39 is 69.1 Å². The van der Waals surface area contributed by atoms with Crippen molar-refractivity contribution in [2.45, 2.75) is 49.8 Å². The van der Waals surface area contributed by atoms with Crippen molar-refractivity contribution in [1.82, 2.24) is 9.80 Å². The minimum atomic E-state index is -2.71. The number of aliphatic hydroxyl groups excluding tert-OH is 2. The zero-order valence-electron chi connectivity index (χ0n) is 21.1. The number of phenols is 1. The number of aliphatic hydroxyl groups is 3. The Bertz CT molecular complexity index is 1400. The molecule has 0 bridgehead atoms. The third kappa shape index (κ3) is 2.79. The molecule has 2 heterocycles. The molecule has 1 aromatic rings. The molecule has 6 N–H and O–H groups in total. The fraction of sp³-hybridized carbons (Fsp3) is 0.519. The van der Waals surface area contributed by atoms with Crippen molar-refractivity contribution in [2.24, 2.45) is 17.1 Å². The largest absolute Gasteiger partial charge is 0.510 e. The van der Waals surface area contributed by atoms with Gasteiger partial charge in [0.2, 0.25) is 5.78 Å². The Balaban J connectivity index is 1.56. The summed E-state index contributed by atoms with van der Waals surface area (Å²) in [5, 5.41) is 45.3. The number of hydrogen-bond donors (Lipinski definition) is 5. The number of ketones is 2. The summed E-state index contributed by atoms with van der Waals surface area (Å²) < 4.78 is 16.0. The maximum absolute atomic E-state index is 16.0. The number of likely N-dealkylation sites (tertiary alicyclic amines) is 2. The third-order valence-electron chi connectivity index (χ3n) is 9.70. The maximum atomic E-state index is 16.0. The number of phenolic OH excluding ortho intramolecular Hbond substituents is 1. The number of nitrogens with zero attached hydrogens (tertiary/aromatic N) is 2. The summed E-state index contributed by atoms with van der Waals surface area (Å²) in [6.45, 7) is 1.09. The van der Waals surface area contributed by atoms with Gasteiger partial charge < -0.3 is 26.2 Å². The highest BCUT2D eigenvalue weighted by Gasteiger charge is 2.73. The van der Waals surface area contributed by atoms with E-state index >= 15 is 4.39 Å². The molecular formula is C27H30FN3O7. The van der Waals surface area contributed by atoms with Crippen molar-refractivity contribution >= 4 is 17.5 Å². The van der Waals surface area contributed by atoms with Crippen molar-refractivity contribution in [3.8, 4) is 5.75 Å². The number of Topliss-reactive ketones (excluding diaryl/α,β-unsaturated/α-hetero) is 2. The normalized spacial score (nSPS) is 35.3. The molecule has 2 aliphatic heterocycles. The standard InChI is InChI=1S/C27H30FN3O7/c1-30-6-3-4-14(30)12-9-15(32)17-13(19(12)28)8-11-10-26-5-7-31(2)22(26)21(34)18(25(29)37)24(36)27(26,38)23(35)16(11)20(17)33/h9,11,14,22,32,34-35,38H,3-8,10H2,1-2H3,(H2,29,37)/t11-,14?,22+,26-,27-/m0/s1. The monoisotopic (exact) mass is 527 g/mol. The number of likely N-dealkylation sites (N-methyl/N-ethyl adjacent to an activating group) is 1. The number of carbonyl (C=O) groups excluding carboxylic acids is 3. The summed E-state index contributed by atoms with van der Waals surface area (Å²) in [5.41, 5.74) is 0.105. The van der Waals surface area contributed by atoms with Crippen LogP contribution in [0.25, 0.3) is 0 Å². The average molecular weight is 528 g/mol. The van der Waals surface area contributed by atoms with Crippen LogP contribution < -0.4 is 5.73 Å². The van der Waals surface area contributed by atoms with Crippen LogP contribution in [0.5, 0.6) is 5.75 Å². The van der Waals surface area contributed by atoms with E-state index in [2.05, 4.69) is 0 Å². The smallest absolute Gasteiger partial charge is 0.255 e. The Morgan fingerprint density at radius 3 is 2.50 bits per heavy atom. The average Bonchev–Trinajstić information content (AvgIpc) is 3.42. The van der Waals surface area contributed by atoms with Gasteiger partial charge in [0.15, 0.2) is 11.4 Å². The van der Waals surface area contributed by atoms with Crippen LogP contribution in [0, 0.1) is 17.2 Å². The number of hydrogen-bond acceptors (Lipinski definition) is 9. The Morgan fingerprint density at radius 2 is 1.87 bits per heavy atom. The molecule has 10 nitrogen and oxygen atoms in total. The molecule has 1 aromatic carbocycles. The quantitative estimate of drug-likeness (QED) is 0.355. The number of allylic oxidation sites excluding steroid dienone is 1. The van der Waals surface area contributed by atoms with Gasteiger partial charge in [-0.3, -0.25) is 24.2 Å². The molecule has 1 spiro atoms. The number of halogens is 1. The molecule has 38 heavy (non-hydrogen) atoms. The Hall–Kier alpha value is -3.28. The SMILES string of the molecule is CN1CCCC1c1cc(O)c2c(c1F)C[C@H]1C[C@@]34CCN(C)[C@@H]3C(O)=C(C(N)=O)C(=O)[C@@]4(O)C(O)=C1C2=O. The number of nitrogens with two attached hydrogens (primary N) is 1. The second-order valence-corrected chi connectivity index (χ2v) is 11.4. The van der Waals surface area contributed by atoms with E-state index in [0.29, 0.717) is 18.5 Å². The van der Waals surface area contributed by atoms with Crippen molar-refractivity contribution in [3.05, 3.63) is 51.2 Å². The van der Waals surface area contributed by atoms with Gasteiger partial charge in [-0.2, -0.15) is 0 Å². The number of aromatic hydroxyl groups is 1. The zero-order chi connectivity index (χ0) is 27.5. The minimum Gasteiger partial charge on any atom is -0.510 e. The lowest BCUT2D eigenvalue weighted by Crippen LogP contribution is -2.68. The number of carbonyl (C=O) groups is 3. The van der Waals surface area contributed by atoms with E-state index in [0.717, 1.165) is 13.0 Å². The minimum absolute atomic E-state index is 0.0383. The Morgan fingerprint density at radius 1 is 1.16 bits per heavy atom. The molecule has 202 valence electrons. The maximum Gasteiger partial charge on any atom is 0.255 e. The van der Waals surface area contributed by atoms with E-state index in [-0.39, 0.29) is 42.0 Å². The van der Waals surface area contributed by atoms with Gasteiger partial charge in [0.05, 0.1) is 11.6 Å². The Kier molecular flexibility index (Phi) is 5.18. The van der Waals surface area contributed by atoms with Crippen molar-refractivity contribution in [2.75, 3.05) is 27.2 Å². The first-order valence-electron chi connectivity index (χ1n) is 12.8. The predicted molar refractivity (Wildman–Crippen MR) is 131 cm³/mol. The van der Waals surface area contributed by atoms with Gasteiger partial charge in [0.25, 0.3) is 5.91 Å². The summed E-state index contributed by atoms with van der Waals surface area (Å²) in [5.74, 6) is -6.75. The molecule has 5 aliphatic rings. The van der Waals surface area contributed by atoms with Crippen LogP contribution in [0.1, 0.15) is 53.2 Å². The fourth-order valence-electron chi connectivity index (χ4n) is 8.01. The Labute approximate surface area is 217 Å². The lowest BCUT2D eigenvalue weighted by atomic mass is 9.50. The van der Waals surface area contributed by atoms with Crippen molar-refractivity contribution < 1.29 is 39.2 Å². The molecule has 2 saturated heterocycles. The second-order valence-electron chi connectivity index (χ2n) is 11.4. The van der Waals surface area contributed by atoms with Gasteiger partial charge in [-0.15, -0.1) is 0 Å². The third-order valence-corrected chi connectivity index (χ3v) is 9.70. The van der Waals surface area contributed by atoms with E-state index in [1.165, 1.54) is 6.07 Å². The van der Waals surface area contributed by atoms with Gasteiger partial charge >= 0.3 is 0 Å². The lowest BCUT2D eigenvalue weighted by Gasteiger charge is -2.55. The van der Waals surface area contributed by atoms with Crippen LogP contribution >= 0.6 is 0 Å². The van der Waals surface area contributed by atoms with Gasteiger partial charge in [-0.1, -0.05) is 0 Å². The summed E-state index contributed by atoms with van der Waals surface area (Å²) in [7, 11) is 3.51. The lowest BCUT2D eigenvalue weighted by molar-refractivity contribution is -0.162. The van der Waals surface area contributed by atoms with Crippen LogP contribution in [0.4, 0.5) is 4.39 Å². The van der Waals surface area contributed by atoms with Crippen molar-refractivity contribution in [3.63, 3.8) is 0 Å². The van der Waals surface area contributed by atoms with Crippen LogP contribution in [0.2, 0.25) is 0 Å². The van der Waals surface area contributed by atoms with Crippen LogP contribution in [-0.4, -0.2) is 86.5 Å². The molecule has 2 fully saturated rings. The number of amides is 1. The van der Waals surface area contributed by atoms with Gasteiger partial charge in [-0.25, -0.2) is 4.39 Å². The van der Waals surface area contributed by atoms with E-state index in [1.54, 1.807) is 11.9 Å². The first-order chi connectivity index (χ1) is 17.9. The van der Waals surface area contributed by atoms with Gasteiger partial charge in [0.1, 0.15) is 28.7 Å². The van der Waals surface area contributed by atoms with E-state index in [1.807, 2.05) is 11.9 Å². The fourth-order valence-corrected chi connectivity index (χ4v) is 8.01. The molecule has 3 aliphatic carbocycles.